The van der Waals surface area contributed by atoms with Gasteiger partial charge in [0.1, 0.15) is 0 Å². The van der Waals surface area contributed by atoms with Crippen molar-refractivity contribution in [3.05, 3.63) is 12.2 Å². The van der Waals surface area contributed by atoms with Crippen molar-refractivity contribution in [3.63, 3.8) is 0 Å². The minimum absolute atomic E-state index is 0.622. The average molecular weight is 174 g/mol. The molecule has 0 amide bonds. The van der Waals surface area contributed by atoms with Crippen molar-refractivity contribution >= 4 is 12.9 Å². The maximum atomic E-state index is 4.58. The highest BCUT2D eigenvalue weighted by Gasteiger charge is 1.83. The Kier molecular flexibility index (Phi) is 10.1. The van der Waals surface area contributed by atoms with Gasteiger partial charge in [-0.3, -0.25) is 0 Å². The summed E-state index contributed by atoms with van der Waals surface area (Å²) in [5, 5.41) is 0. The quantitative estimate of drug-likeness (QED) is 0.269. The third kappa shape index (κ3) is 10.1. The van der Waals surface area contributed by atoms with Crippen LogP contribution in [0.1, 0.15) is 39.0 Å². The molecule has 0 saturated carbocycles. The van der Waals surface area contributed by atoms with Gasteiger partial charge in [0.25, 0.3) is 0 Å². The lowest BCUT2D eigenvalue weighted by molar-refractivity contribution is 0.437. The summed E-state index contributed by atoms with van der Waals surface area (Å²) in [4.78, 5) is 0. The van der Waals surface area contributed by atoms with E-state index in [1.54, 1.807) is 0 Å². The van der Waals surface area contributed by atoms with Crippen LogP contribution in [0.25, 0.3) is 0 Å². The number of hydrogen-bond donors (Lipinski definition) is 1. The van der Waals surface area contributed by atoms with Crippen molar-refractivity contribution < 1.29 is 4.18 Å². The second kappa shape index (κ2) is 10.0. The van der Waals surface area contributed by atoms with E-state index < -0.39 is 0 Å². The monoisotopic (exact) mass is 174 g/mol. The molecule has 11 heavy (non-hydrogen) atoms. The Morgan fingerprint density at radius 2 is 2.00 bits per heavy atom. The Hall–Kier alpha value is 0.0500. The molecule has 0 N–H and O–H groups in total. The largest absolute Gasteiger partial charge is 0.314 e. The van der Waals surface area contributed by atoms with Crippen LogP contribution in [-0.2, 0) is 4.18 Å². The molecule has 0 aliphatic heterocycles. The molecule has 0 saturated heterocycles. The van der Waals surface area contributed by atoms with Gasteiger partial charge < -0.3 is 4.18 Å². The summed E-state index contributed by atoms with van der Waals surface area (Å²) < 4.78 is 4.58. The molecule has 2 heteroatoms. The Morgan fingerprint density at radius 1 is 1.18 bits per heavy atom. The zero-order valence-electron chi connectivity index (χ0n) is 7.25. The van der Waals surface area contributed by atoms with Gasteiger partial charge in [-0.15, -0.1) is 0 Å². The number of thiol groups is 1. The fourth-order valence-corrected chi connectivity index (χ4v) is 1.00. The van der Waals surface area contributed by atoms with Gasteiger partial charge in [-0.25, -0.2) is 0 Å². The highest BCUT2D eigenvalue weighted by atomic mass is 32.1. The SMILES string of the molecule is CCCCCC/C=C\COS. The second-order valence-corrected chi connectivity index (χ2v) is 2.87. The first kappa shape index (κ1) is 11.1. The van der Waals surface area contributed by atoms with Gasteiger partial charge in [0.05, 0.1) is 6.61 Å². The lowest BCUT2D eigenvalue weighted by atomic mass is 10.1. The van der Waals surface area contributed by atoms with E-state index in [0.717, 1.165) is 0 Å². The normalized spacial score (nSPS) is 11.1. The summed E-state index contributed by atoms with van der Waals surface area (Å²) >= 11 is 3.63. The predicted octanol–water partition coefficient (Wildman–Crippen LogP) is 3.37. The van der Waals surface area contributed by atoms with E-state index in [4.69, 9.17) is 0 Å². The maximum Gasteiger partial charge on any atom is 0.0792 e. The fourth-order valence-electron chi connectivity index (χ4n) is 0.918. The van der Waals surface area contributed by atoms with Gasteiger partial charge in [0, 0.05) is 0 Å². The van der Waals surface area contributed by atoms with Crippen LogP contribution < -0.4 is 0 Å². The van der Waals surface area contributed by atoms with Crippen LogP contribution in [0.3, 0.4) is 0 Å². The maximum absolute atomic E-state index is 4.58. The van der Waals surface area contributed by atoms with Gasteiger partial charge in [-0.05, 0) is 25.8 Å². The van der Waals surface area contributed by atoms with Crippen LogP contribution >= 0.6 is 12.9 Å². The van der Waals surface area contributed by atoms with E-state index in [2.05, 4.69) is 30.1 Å². The van der Waals surface area contributed by atoms with Crippen LogP contribution in [0.4, 0.5) is 0 Å². The van der Waals surface area contributed by atoms with Crippen molar-refractivity contribution in [2.45, 2.75) is 39.0 Å². The van der Waals surface area contributed by atoms with Crippen molar-refractivity contribution in [1.82, 2.24) is 0 Å². The first-order chi connectivity index (χ1) is 5.41. The molecule has 0 aromatic carbocycles. The summed E-state index contributed by atoms with van der Waals surface area (Å²) in [6, 6.07) is 0. The van der Waals surface area contributed by atoms with Gasteiger partial charge >= 0.3 is 0 Å². The number of unbranched alkanes of at least 4 members (excludes halogenated alkanes) is 4. The van der Waals surface area contributed by atoms with Crippen LogP contribution in [0.15, 0.2) is 12.2 Å². The molecule has 0 unspecified atom stereocenters. The minimum atomic E-state index is 0.622. The molecule has 0 aromatic rings. The van der Waals surface area contributed by atoms with Crippen molar-refractivity contribution in [2.24, 2.45) is 0 Å². The highest BCUT2D eigenvalue weighted by Crippen LogP contribution is 2.02. The van der Waals surface area contributed by atoms with Crippen LogP contribution in [-0.4, -0.2) is 6.61 Å². The van der Waals surface area contributed by atoms with Crippen molar-refractivity contribution in [3.8, 4) is 0 Å². The highest BCUT2D eigenvalue weighted by molar-refractivity contribution is 7.75. The van der Waals surface area contributed by atoms with Crippen LogP contribution in [0, 0.1) is 0 Å². The molecule has 0 heterocycles. The Balaban J connectivity index is 2.89. The van der Waals surface area contributed by atoms with Gasteiger partial charge in [0.15, 0.2) is 0 Å². The second-order valence-electron chi connectivity index (χ2n) is 2.62. The minimum Gasteiger partial charge on any atom is -0.314 e. The summed E-state index contributed by atoms with van der Waals surface area (Å²) in [5.41, 5.74) is 0. The summed E-state index contributed by atoms with van der Waals surface area (Å²) in [5.74, 6) is 0. The van der Waals surface area contributed by atoms with Crippen LogP contribution in [0.5, 0.6) is 0 Å². The molecule has 0 fully saturated rings. The molecule has 0 aliphatic rings. The molecule has 0 atom stereocenters. The average Bonchev–Trinajstić information content (AvgIpc) is 2.03. The standard InChI is InChI=1S/C9H18OS/c1-2-3-4-5-6-7-8-9-10-11/h7-8,11H,2-6,9H2,1H3/b8-7-. The molecule has 0 radical (unpaired) electrons. The third-order valence-corrected chi connectivity index (χ3v) is 1.71. The molecule has 0 rings (SSSR count). The van der Waals surface area contributed by atoms with Gasteiger partial charge in [-0.1, -0.05) is 38.3 Å². The molecule has 0 spiro atoms. The third-order valence-electron chi connectivity index (χ3n) is 1.56. The molecule has 0 bridgehead atoms. The summed E-state index contributed by atoms with van der Waals surface area (Å²) in [6.07, 6.45) is 10.7. The molecule has 1 nitrogen and oxygen atoms in total. The predicted molar refractivity (Wildman–Crippen MR) is 52.8 cm³/mol. The smallest absolute Gasteiger partial charge is 0.0792 e. The number of allylic oxidation sites excluding steroid dienone is 1. The van der Waals surface area contributed by atoms with E-state index in [-0.39, 0.29) is 0 Å². The first-order valence-corrected chi connectivity index (χ1v) is 4.69. The van der Waals surface area contributed by atoms with E-state index >= 15 is 0 Å². The zero-order chi connectivity index (χ0) is 8.36. The first-order valence-electron chi connectivity index (χ1n) is 4.33. The number of rotatable bonds is 7. The summed E-state index contributed by atoms with van der Waals surface area (Å²) in [7, 11) is 0. The Morgan fingerprint density at radius 3 is 2.64 bits per heavy atom. The van der Waals surface area contributed by atoms with E-state index in [1.165, 1.54) is 32.1 Å². The summed E-state index contributed by atoms with van der Waals surface area (Å²) in [6.45, 7) is 2.85. The Bertz CT molecular complexity index is 91.6. The molecular formula is C9H18OS. The van der Waals surface area contributed by atoms with E-state index in [9.17, 15) is 0 Å². The van der Waals surface area contributed by atoms with Crippen molar-refractivity contribution in [2.75, 3.05) is 6.61 Å². The van der Waals surface area contributed by atoms with Crippen LogP contribution in [0.2, 0.25) is 0 Å². The lowest BCUT2D eigenvalue weighted by Crippen LogP contribution is -1.76. The fraction of sp³-hybridized carbons (Fsp3) is 0.778. The number of hydrogen-bond acceptors (Lipinski definition) is 2. The Labute approximate surface area is 75.4 Å². The molecule has 0 aliphatic carbocycles. The van der Waals surface area contributed by atoms with Crippen molar-refractivity contribution in [1.29, 1.82) is 0 Å². The molecule has 66 valence electrons. The topological polar surface area (TPSA) is 9.23 Å². The molecular weight excluding hydrogens is 156 g/mol. The van der Waals surface area contributed by atoms with E-state index in [1.807, 2.05) is 6.08 Å². The zero-order valence-corrected chi connectivity index (χ0v) is 8.15. The molecule has 0 aromatic heterocycles. The lowest BCUT2D eigenvalue weighted by Gasteiger charge is -1.93. The van der Waals surface area contributed by atoms with Gasteiger partial charge in [-0.2, -0.15) is 0 Å². The van der Waals surface area contributed by atoms with E-state index in [0.29, 0.717) is 6.61 Å². The van der Waals surface area contributed by atoms with Gasteiger partial charge in [0.2, 0.25) is 0 Å².